The van der Waals surface area contributed by atoms with Gasteiger partial charge in [0.2, 0.25) is 11.8 Å². The lowest BCUT2D eigenvalue weighted by molar-refractivity contribution is -0.136. The fourth-order valence-electron chi connectivity index (χ4n) is 4.19. The number of carbonyl (C=O) groups excluding carboxylic acids is 2. The summed E-state index contributed by atoms with van der Waals surface area (Å²) in [6, 6.07) is 9.65. The van der Waals surface area contributed by atoms with Gasteiger partial charge in [-0.25, -0.2) is 9.97 Å². The van der Waals surface area contributed by atoms with E-state index in [1.807, 2.05) is 42.2 Å². The van der Waals surface area contributed by atoms with Gasteiger partial charge in [-0.2, -0.15) is 0 Å². The van der Waals surface area contributed by atoms with E-state index in [0.29, 0.717) is 19.6 Å². The van der Waals surface area contributed by atoms with E-state index >= 15 is 0 Å². The Morgan fingerprint density at radius 3 is 2.52 bits per heavy atom. The summed E-state index contributed by atoms with van der Waals surface area (Å²) >= 11 is 3.51. The molecule has 8 heteroatoms. The van der Waals surface area contributed by atoms with Crippen molar-refractivity contribution in [2.45, 2.75) is 33.1 Å². The number of piperazine rings is 1. The predicted molar refractivity (Wildman–Crippen MR) is 124 cm³/mol. The Balaban J connectivity index is 1.39. The molecule has 0 bridgehead atoms. The maximum atomic E-state index is 13.1. The quantitative estimate of drug-likeness (QED) is 0.663. The van der Waals surface area contributed by atoms with Gasteiger partial charge in [-0.15, -0.1) is 0 Å². The van der Waals surface area contributed by atoms with E-state index in [1.54, 1.807) is 4.90 Å². The Kier molecular flexibility index (Phi) is 6.27. The van der Waals surface area contributed by atoms with Crippen LogP contribution in [0.5, 0.6) is 0 Å². The summed E-state index contributed by atoms with van der Waals surface area (Å²) in [5.41, 5.74) is 1.79. The van der Waals surface area contributed by atoms with Gasteiger partial charge in [0.05, 0.1) is 11.6 Å². The van der Waals surface area contributed by atoms with Crippen molar-refractivity contribution in [3.8, 4) is 0 Å². The zero-order valence-corrected chi connectivity index (χ0v) is 19.8. The van der Waals surface area contributed by atoms with Gasteiger partial charge in [0, 0.05) is 61.3 Å². The fourth-order valence-corrected chi connectivity index (χ4v) is 4.68. The SMILES string of the molecule is Cc1cc(N2CCN(C(=O)C3CC(=O)N(c4ccccc4Br)C3)CC2)nc(C(C)C)n1. The standard InChI is InChI=1S/C23H28BrN5O2/c1-15(2)22-25-16(3)12-20(26-22)27-8-10-28(11-9-27)23(31)17-13-21(30)29(14-17)19-7-5-4-6-18(19)24/h4-7,12,15,17H,8-11,13-14H2,1-3H3. The van der Waals surface area contributed by atoms with Crippen molar-refractivity contribution in [1.29, 1.82) is 0 Å². The van der Waals surface area contributed by atoms with Crippen LogP contribution in [0.4, 0.5) is 11.5 Å². The molecule has 1 aromatic heterocycles. The molecular formula is C23H28BrN5O2. The van der Waals surface area contributed by atoms with Gasteiger partial charge in [-0.05, 0) is 35.0 Å². The second-order valence-electron chi connectivity index (χ2n) is 8.55. The number of hydrogen-bond donors (Lipinski definition) is 0. The van der Waals surface area contributed by atoms with E-state index in [4.69, 9.17) is 4.98 Å². The molecule has 3 heterocycles. The minimum Gasteiger partial charge on any atom is -0.353 e. The molecule has 2 aromatic rings. The van der Waals surface area contributed by atoms with E-state index in [1.165, 1.54) is 0 Å². The Morgan fingerprint density at radius 1 is 1.13 bits per heavy atom. The van der Waals surface area contributed by atoms with Crippen LogP contribution in [0.15, 0.2) is 34.8 Å². The van der Waals surface area contributed by atoms with Gasteiger partial charge in [0.25, 0.3) is 0 Å². The summed E-state index contributed by atoms with van der Waals surface area (Å²) in [7, 11) is 0. The van der Waals surface area contributed by atoms with Crippen molar-refractivity contribution in [1.82, 2.24) is 14.9 Å². The van der Waals surface area contributed by atoms with E-state index in [0.717, 1.165) is 40.6 Å². The molecule has 31 heavy (non-hydrogen) atoms. The van der Waals surface area contributed by atoms with Crippen LogP contribution in [0, 0.1) is 12.8 Å². The highest BCUT2D eigenvalue weighted by Gasteiger charge is 2.38. The predicted octanol–water partition coefficient (Wildman–Crippen LogP) is 3.37. The second-order valence-corrected chi connectivity index (χ2v) is 9.40. The average Bonchev–Trinajstić information content (AvgIpc) is 3.14. The largest absolute Gasteiger partial charge is 0.353 e. The first-order valence-electron chi connectivity index (χ1n) is 10.8. The summed E-state index contributed by atoms with van der Waals surface area (Å²) < 4.78 is 0.867. The zero-order chi connectivity index (χ0) is 22.1. The first kappa shape index (κ1) is 21.7. The van der Waals surface area contributed by atoms with E-state index in [2.05, 4.69) is 39.7 Å². The van der Waals surface area contributed by atoms with Crippen molar-refractivity contribution in [3.05, 3.63) is 46.3 Å². The third kappa shape index (κ3) is 4.59. The number of aryl methyl sites for hydroxylation is 1. The summed E-state index contributed by atoms with van der Waals surface area (Å²) in [5.74, 6) is 1.84. The van der Waals surface area contributed by atoms with Crippen molar-refractivity contribution in [2.24, 2.45) is 5.92 Å². The van der Waals surface area contributed by atoms with Crippen LogP contribution in [0.3, 0.4) is 0 Å². The summed E-state index contributed by atoms with van der Waals surface area (Å²) in [6.45, 7) is 9.35. The summed E-state index contributed by atoms with van der Waals surface area (Å²) in [5, 5.41) is 0. The Hall–Kier alpha value is -2.48. The molecule has 0 radical (unpaired) electrons. The monoisotopic (exact) mass is 485 g/mol. The maximum Gasteiger partial charge on any atom is 0.228 e. The molecule has 2 amide bonds. The van der Waals surface area contributed by atoms with Crippen molar-refractivity contribution >= 4 is 39.2 Å². The number of anilines is 2. The van der Waals surface area contributed by atoms with Crippen LogP contribution in [-0.2, 0) is 9.59 Å². The lowest BCUT2D eigenvalue weighted by Crippen LogP contribution is -2.51. The molecule has 2 saturated heterocycles. The number of rotatable bonds is 4. The molecule has 0 saturated carbocycles. The van der Waals surface area contributed by atoms with Gasteiger partial charge in [0.15, 0.2) is 0 Å². The number of benzene rings is 1. The van der Waals surface area contributed by atoms with Crippen LogP contribution in [-0.4, -0.2) is 59.4 Å². The van der Waals surface area contributed by atoms with Gasteiger partial charge in [-0.3, -0.25) is 9.59 Å². The van der Waals surface area contributed by atoms with Gasteiger partial charge >= 0.3 is 0 Å². The first-order chi connectivity index (χ1) is 14.8. The van der Waals surface area contributed by atoms with E-state index in [-0.39, 0.29) is 30.1 Å². The molecule has 2 fully saturated rings. The van der Waals surface area contributed by atoms with Crippen LogP contribution in [0.1, 0.15) is 37.7 Å². The minimum atomic E-state index is -0.292. The van der Waals surface area contributed by atoms with Gasteiger partial charge < -0.3 is 14.7 Å². The third-order valence-electron chi connectivity index (χ3n) is 5.91. The second kappa shape index (κ2) is 8.94. The van der Waals surface area contributed by atoms with Crippen molar-refractivity contribution in [2.75, 3.05) is 42.5 Å². The number of hydrogen-bond acceptors (Lipinski definition) is 5. The highest BCUT2D eigenvalue weighted by atomic mass is 79.9. The highest BCUT2D eigenvalue weighted by molar-refractivity contribution is 9.10. The Morgan fingerprint density at radius 2 is 1.84 bits per heavy atom. The Labute approximate surface area is 191 Å². The molecule has 1 unspecified atom stereocenters. The Bertz CT molecular complexity index is 988. The molecule has 1 aromatic carbocycles. The molecule has 1 atom stereocenters. The molecule has 164 valence electrons. The van der Waals surface area contributed by atoms with Crippen LogP contribution >= 0.6 is 15.9 Å². The van der Waals surface area contributed by atoms with Crippen molar-refractivity contribution < 1.29 is 9.59 Å². The van der Waals surface area contributed by atoms with E-state index < -0.39 is 0 Å². The lowest BCUT2D eigenvalue weighted by atomic mass is 10.1. The molecule has 2 aliphatic rings. The minimum absolute atomic E-state index is 0.00145. The van der Waals surface area contributed by atoms with Gasteiger partial charge in [0.1, 0.15) is 11.6 Å². The molecule has 2 aliphatic heterocycles. The molecule has 4 rings (SSSR count). The molecule has 0 aliphatic carbocycles. The molecule has 0 spiro atoms. The van der Waals surface area contributed by atoms with Crippen LogP contribution in [0.2, 0.25) is 0 Å². The molecule has 0 N–H and O–H groups in total. The van der Waals surface area contributed by atoms with Crippen molar-refractivity contribution in [3.63, 3.8) is 0 Å². The summed E-state index contributed by atoms with van der Waals surface area (Å²) in [4.78, 5) is 40.8. The fraction of sp³-hybridized carbons (Fsp3) is 0.478. The lowest BCUT2D eigenvalue weighted by Gasteiger charge is -2.36. The van der Waals surface area contributed by atoms with E-state index in [9.17, 15) is 9.59 Å². The van der Waals surface area contributed by atoms with Crippen LogP contribution < -0.4 is 9.80 Å². The number of aromatic nitrogens is 2. The third-order valence-corrected chi connectivity index (χ3v) is 6.58. The zero-order valence-electron chi connectivity index (χ0n) is 18.2. The number of halogens is 1. The normalized spacial score (nSPS) is 19.5. The number of carbonyl (C=O) groups is 2. The van der Waals surface area contributed by atoms with Gasteiger partial charge in [-0.1, -0.05) is 26.0 Å². The highest BCUT2D eigenvalue weighted by Crippen LogP contribution is 2.32. The number of amides is 2. The molecular weight excluding hydrogens is 458 g/mol. The number of para-hydroxylation sites is 1. The maximum absolute atomic E-state index is 13.1. The number of nitrogens with zero attached hydrogens (tertiary/aromatic N) is 5. The topological polar surface area (TPSA) is 69.6 Å². The average molecular weight is 486 g/mol. The van der Waals surface area contributed by atoms with Crippen LogP contribution in [0.25, 0.3) is 0 Å². The first-order valence-corrected chi connectivity index (χ1v) is 11.6. The summed E-state index contributed by atoms with van der Waals surface area (Å²) in [6.07, 6.45) is 0.267. The smallest absolute Gasteiger partial charge is 0.228 e. The molecule has 7 nitrogen and oxygen atoms in total.